The molecule has 0 saturated heterocycles. The summed E-state index contributed by atoms with van der Waals surface area (Å²) in [6.07, 6.45) is 2.80. The van der Waals surface area contributed by atoms with Crippen molar-refractivity contribution in [2.24, 2.45) is 5.92 Å². The zero-order valence-corrected chi connectivity index (χ0v) is 20.8. The number of rotatable bonds is 8. The Bertz CT molecular complexity index is 1100. The van der Waals surface area contributed by atoms with Crippen LogP contribution >= 0.6 is 0 Å². The molecule has 1 fully saturated rings. The summed E-state index contributed by atoms with van der Waals surface area (Å²) < 4.78 is 39.0. The van der Waals surface area contributed by atoms with Gasteiger partial charge in [0.25, 0.3) is 0 Å². The number of hydrogen-bond acceptors (Lipinski definition) is 6. The normalized spacial score (nSPS) is 19.2. The summed E-state index contributed by atoms with van der Waals surface area (Å²) >= 11 is 0. The SMILES string of the molecule is COC(=O)C(NS(=O)(=O)c1ccc(-c2ccc(OC)cc2)cc1)C1CCCC(N(C)C(C)=O)C1. The Morgan fingerprint density at radius 3 is 2.12 bits per heavy atom. The van der Waals surface area contributed by atoms with Crippen molar-refractivity contribution in [1.82, 2.24) is 9.62 Å². The predicted octanol–water partition coefficient (Wildman–Crippen LogP) is 3.22. The number of hydrogen-bond donors (Lipinski definition) is 1. The van der Waals surface area contributed by atoms with Gasteiger partial charge in [0.2, 0.25) is 15.9 Å². The number of methoxy groups -OCH3 is 2. The quantitative estimate of drug-likeness (QED) is 0.573. The van der Waals surface area contributed by atoms with Gasteiger partial charge in [0.05, 0.1) is 19.1 Å². The highest BCUT2D eigenvalue weighted by Crippen LogP contribution is 2.31. The second kappa shape index (κ2) is 11.0. The topological polar surface area (TPSA) is 102 Å². The van der Waals surface area contributed by atoms with E-state index >= 15 is 0 Å². The number of amides is 1. The van der Waals surface area contributed by atoms with Gasteiger partial charge in [-0.1, -0.05) is 30.7 Å². The van der Waals surface area contributed by atoms with E-state index in [9.17, 15) is 18.0 Å². The van der Waals surface area contributed by atoms with Gasteiger partial charge in [-0.3, -0.25) is 9.59 Å². The predicted molar refractivity (Wildman–Crippen MR) is 129 cm³/mol. The highest BCUT2D eigenvalue weighted by molar-refractivity contribution is 7.89. The molecule has 2 aromatic carbocycles. The van der Waals surface area contributed by atoms with E-state index in [4.69, 9.17) is 9.47 Å². The fourth-order valence-electron chi connectivity index (χ4n) is 4.42. The van der Waals surface area contributed by atoms with Crippen molar-refractivity contribution >= 4 is 21.9 Å². The van der Waals surface area contributed by atoms with E-state index in [2.05, 4.69) is 4.72 Å². The third-order valence-corrected chi connectivity index (χ3v) is 7.99. The molecular weight excluding hydrogens is 456 g/mol. The van der Waals surface area contributed by atoms with Crippen LogP contribution in [0.25, 0.3) is 11.1 Å². The average molecular weight is 489 g/mol. The van der Waals surface area contributed by atoms with Gasteiger partial charge < -0.3 is 14.4 Å². The average Bonchev–Trinajstić information content (AvgIpc) is 2.86. The summed E-state index contributed by atoms with van der Waals surface area (Å²) in [5.74, 6) is -0.228. The first kappa shape index (κ1) is 25.7. The summed E-state index contributed by atoms with van der Waals surface area (Å²) in [6, 6.07) is 12.9. The number of carbonyl (C=O) groups excluding carboxylic acids is 2. The molecule has 0 bridgehead atoms. The maximum absolute atomic E-state index is 13.2. The summed E-state index contributed by atoms with van der Waals surface area (Å²) in [7, 11) is 0.595. The molecule has 0 radical (unpaired) electrons. The Labute approximate surface area is 201 Å². The van der Waals surface area contributed by atoms with Crippen LogP contribution < -0.4 is 9.46 Å². The van der Waals surface area contributed by atoms with Gasteiger partial charge in [-0.15, -0.1) is 0 Å². The number of nitrogens with one attached hydrogen (secondary N) is 1. The number of esters is 1. The standard InChI is InChI=1S/C25H32N2O6S/c1-17(28)27(2)21-7-5-6-20(16-21)24(25(29)33-4)26-34(30,31)23-14-10-19(11-15-23)18-8-12-22(32-3)13-9-18/h8-15,20-21,24,26H,5-7,16H2,1-4H3. The number of nitrogens with zero attached hydrogens (tertiary/aromatic N) is 1. The van der Waals surface area contributed by atoms with Crippen molar-refractivity contribution in [3.05, 3.63) is 48.5 Å². The zero-order chi connectivity index (χ0) is 24.9. The fraction of sp³-hybridized carbons (Fsp3) is 0.440. The van der Waals surface area contributed by atoms with Crippen molar-refractivity contribution < 1.29 is 27.5 Å². The first-order chi connectivity index (χ1) is 16.2. The van der Waals surface area contributed by atoms with Crippen molar-refractivity contribution in [2.45, 2.75) is 49.6 Å². The molecule has 9 heteroatoms. The second-order valence-electron chi connectivity index (χ2n) is 8.59. The molecular formula is C25H32N2O6S. The third kappa shape index (κ3) is 5.95. The maximum Gasteiger partial charge on any atom is 0.324 e. The Hall–Kier alpha value is -2.91. The van der Waals surface area contributed by atoms with Gasteiger partial charge in [-0.25, -0.2) is 8.42 Å². The minimum Gasteiger partial charge on any atom is -0.497 e. The van der Waals surface area contributed by atoms with Crippen molar-refractivity contribution in [3.8, 4) is 16.9 Å². The van der Waals surface area contributed by atoms with Crippen LogP contribution in [0, 0.1) is 5.92 Å². The Kier molecular flexibility index (Phi) is 8.33. The van der Waals surface area contributed by atoms with Crippen LogP contribution in [0.1, 0.15) is 32.6 Å². The highest BCUT2D eigenvalue weighted by Gasteiger charge is 2.38. The zero-order valence-electron chi connectivity index (χ0n) is 20.0. The molecule has 34 heavy (non-hydrogen) atoms. The van der Waals surface area contributed by atoms with Crippen LogP contribution in [0.3, 0.4) is 0 Å². The van der Waals surface area contributed by atoms with Crippen molar-refractivity contribution in [3.63, 3.8) is 0 Å². The molecule has 0 aliphatic heterocycles. The van der Waals surface area contributed by atoms with Gasteiger partial charge in [0.1, 0.15) is 11.8 Å². The minimum absolute atomic E-state index is 0.0447. The van der Waals surface area contributed by atoms with Crippen LogP contribution in [0.2, 0.25) is 0 Å². The lowest BCUT2D eigenvalue weighted by molar-refractivity contribution is -0.144. The van der Waals surface area contributed by atoms with Gasteiger partial charge in [-0.2, -0.15) is 4.72 Å². The Morgan fingerprint density at radius 2 is 1.59 bits per heavy atom. The van der Waals surface area contributed by atoms with Crippen molar-refractivity contribution in [2.75, 3.05) is 21.3 Å². The van der Waals surface area contributed by atoms with Crippen LogP contribution in [-0.4, -0.2) is 58.5 Å². The maximum atomic E-state index is 13.2. The molecule has 0 aromatic heterocycles. The molecule has 1 aliphatic carbocycles. The number of carbonyl (C=O) groups is 2. The molecule has 1 amide bonds. The Balaban J connectivity index is 1.79. The number of benzene rings is 2. The van der Waals surface area contributed by atoms with Crippen LogP contribution in [0.5, 0.6) is 5.75 Å². The molecule has 1 aliphatic rings. The largest absolute Gasteiger partial charge is 0.497 e. The van der Waals surface area contributed by atoms with Crippen LogP contribution in [0.15, 0.2) is 53.4 Å². The second-order valence-corrected chi connectivity index (χ2v) is 10.3. The number of sulfonamides is 1. The van der Waals surface area contributed by atoms with Crippen LogP contribution in [0.4, 0.5) is 0 Å². The molecule has 3 atom stereocenters. The lowest BCUT2D eigenvalue weighted by Gasteiger charge is -2.37. The highest BCUT2D eigenvalue weighted by atomic mass is 32.2. The molecule has 8 nitrogen and oxygen atoms in total. The summed E-state index contributed by atoms with van der Waals surface area (Å²) in [6.45, 7) is 1.50. The van der Waals surface area contributed by atoms with E-state index in [-0.39, 0.29) is 22.8 Å². The molecule has 0 spiro atoms. The molecule has 2 aromatic rings. The summed E-state index contributed by atoms with van der Waals surface area (Å²) in [5, 5.41) is 0. The van der Waals surface area contributed by atoms with E-state index < -0.39 is 22.0 Å². The van der Waals surface area contributed by atoms with E-state index in [1.54, 1.807) is 31.2 Å². The Morgan fingerprint density at radius 1 is 1.00 bits per heavy atom. The molecule has 3 rings (SSSR count). The molecule has 1 saturated carbocycles. The summed E-state index contributed by atoms with van der Waals surface area (Å²) in [5.41, 5.74) is 1.78. The van der Waals surface area contributed by atoms with E-state index in [1.807, 2.05) is 24.3 Å². The van der Waals surface area contributed by atoms with Crippen molar-refractivity contribution in [1.29, 1.82) is 0 Å². The molecule has 184 valence electrons. The minimum atomic E-state index is -3.98. The van der Waals surface area contributed by atoms with E-state index in [0.717, 1.165) is 29.7 Å². The van der Waals surface area contributed by atoms with Gasteiger partial charge in [0, 0.05) is 20.0 Å². The molecule has 0 heterocycles. The van der Waals surface area contributed by atoms with Crippen LogP contribution in [-0.2, 0) is 24.3 Å². The lowest BCUT2D eigenvalue weighted by atomic mass is 9.81. The number of ether oxygens (including phenoxy) is 2. The molecule has 3 unspecified atom stereocenters. The summed E-state index contributed by atoms with van der Waals surface area (Å²) in [4.78, 5) is 26.1. The van der Waals surface area contributed by atoms with Gasteiger partial charge in [-0.05, 0) is 60.6 Å². The van der Waals surface area contributed by atoms with E-state index in [0.29, 0.717) is 12.8 Å². The molecule has 1 N–H and O–H groups in total. The smallest absolute Gasteiger partial charge is 0.324 e. The van der Waals surface area contributed by atoms with Gasteiger partial charge >= 0.3 is 5.97 Å². The van der Waals surface area contributed by atoms with E-state index in [1.165, 1.54) is 26.2 Å². The first-order valence-electron chi connectivity index (χ1n) is 11.2. The first-order valence-corrected chi connectivity index (χ1v) is 12.7. The van der Waals surface area contributed by atoms with Gasteiger partial charge in [0.15, 0.2) is 0 Å². The fourth-order valence-corrected chi connectivity index (χ4v) is 5.67. The monoisotopic (exact) mass is 488 g/mol. The third-order valence-electron chi connectivity index (χ3n) is 6.53. The lowest BCUT2D eigenvalue weighted by Crippen LogP contribution is -2.50.